The van der Waals surface area contributed by atoms with Gasteiger partial charge in [-0.05, 0) is 42.3 Å². The molecule has 1 aliphatic carbocycles. The highest BCUT2D eigenvalue weighted by atomic mass is 32.1. The van der Waals surface area contributed by atoms with Crippen molar-refractivity contribution in [1.82, 2.24) is 19.9 Å². The molecule has 0 spiro atoms. The molecule has 1 saturated carbocycles. The van der Waals surface area contributed by atoms with Crippen molar-refractivity contribution in [3.05, 3.63) is 41.5 Å². The predicted molar refractivity (Wildman–Crippen MR) is 96.7 cm³/mol. The summed E-state index contributed by atoms with van der Waals surface area (Å²) in [6.45, 7) is 1.05. The number of pyridine rings is 1. The second kappa shape index (κ2) is 6.52. The van der Waals surface area contributed by atoms with Crippen molar-refractivity contribution in [1.29, 1.82) is 0 Å². The van der Waals surface area contributed by atoms with Crippen LogP contribution in [-0.4, -0.2) is 33.5 Å². The van der Waals surface area contributed by atoms with Crippen molar-refractivity contribution in [2.45, 2.75) is 12.8 Å². The molecule has 0 radical (unpaired) electrons. The molecule has 122 valence electrons. The fourth-order valence-corrected chi connectivity index (χ4v) is 3.10. The molecule has 1 N–H and O–H groups in total. The number of hydrogen-bond acceptors (Lipinski definition) is 7. The van der Waals surface area contributed by atoms with E-state index in [4.69, 9.17) is 0 Å². The molecule has 4 rings (SSSR count). The zero-order valence-corrected chi connectivity index (χ0v) is 14.2. The standard InChI is InChI=1S/C17H18N6S/c1-23(9-12-2-3-12)15-8-13(4-6-18-15)16-19-11-20-17(22-16)21-14-5-7-24-10-14/h4-8,10-12H,2-3,9H2,1H3,(H,19,20,21,22). The maximum Gasteiger partial charge on any atom is 0.230 e. The van der Waals surface area contributed by atoms with Gasteiger partial charge in [-0.15, -0.1) is 0 Å². The molecule has 1 fully saturated rings. The molecular weight excluding hydrogens is 320 g/mol. The van der Waals surface area contributed by atoms with Gasteiger partial charge in [-0.1, -0.05) is 0 Å². The summed E-state index contributed by atoms with van der Waals surface area (Å²) in [5.74, 6) is 2.96. The topological polar surface area (TPSA) is 66.8 Å². The molecule has 3 aromatic rings. The van der Waals surface area contributed by atoms with Crippen LogP contribution in [0, 0.1) is 5.92 Å². The van der Waals surface area contributed by atoms with Crippen molar-refractivity contribution in [3.63, 3.8) is 0 Å². The summed E-state index contributed by atoms with van der Waals surface area (Å²) in [6.07, 6.45) is 6.00. The van der Waals surface area contributed by atoms with Crippen LogP contribution in [-0.2, 0) is 0 Å². The van der Waals surface area contributed by atoms with Crippen molar-refractivity contribution >= 4 is 28.8 Å². The van der Waals surface area contributed by atoms with E-state index < -0.39 is 0 Å². The maximum absolute atomic E-state index is 4.52. The summed E-state index contributed by atoms with van der Waals surface area (Å²) in [6, 6.07) is 5.95. The third-order valence-electron chi connectivity index (χ3n) is 3.97. The Morgan fingerprint density at radius 2 is 2.17 bits per heavy atom. The molecule has 7 heteroatoms. The minimum absolute atomic E-state index is 0.545. The van der Waals surface area contributed by atoms with Crippen molar-refractivity contribution < 1.29 is 0 Å². The zero-order chi connectivity index (χ0) is 16.4. The normalized spacial score (nSPS) is 13.7. The summed E-state index contributed by atoms with van der Waals surface area (Å²) in [5, 5.41) is 7.21. The summed E-state index contributed by atoms with van der Waals surface area (Å²) in [7, 11) is 2.08. The molecule has 0 aliphatic heterocycles. The molecule has 0 saturated heterocycles. The average Bonchev–Trinajstić information content (AvgIpc) is 3.28. The van der Waals surface area contributed by atoms with E-state index in [9.17, 15) is 0 Å². The highest BCUT2D eigenvalue weighted by Gasteiger charge is 2.23. The van der Waals surface area contributed by atoms with Gasteiger partial charge < -0.3 is 10.2 Å². The van der Waals surface area contributed by atoms with Gasteiger partial charge in [0.05, 0.1) is 5.69 Å². The Kier molecular flexibility index (Phi) is 4.08. The van der Waals surface area contributed by atoms with E-state index in [2.05, 4.69) is 37.2 Å². The Morgan fingerprint density at radius 3 is 2.96 bits per heavy atom. The van der Waals surface area contributed by atoms with Crippen LogP contribution in [0.3, 0.4) is 0 Å². The summed E-state index contributed by atoms with van der Waals surface area (Å²) in [4.78, 5) is 19.7. The second-order valence-corrected chi connectivity index (χ2v) is 6.78. The van der Waals surface area contributed by atoms with Crippen LogP contribution in [0.2, 0.25) is 0 Å². The van der Waals surface area contributed by atoms with E-state index in [-0.39, 0.29) is 0 Å². The monoisotopic (exact) mass is 338 g/mol. The van der Waals surface area contributed by atoms with E-state index in [0.29, 0.717) is 11.8 Å². The molecule has 3 heterocycles. The van der Waals surface area contributed by atoms with Crippen LogP contribution in [0.5, 0.6) is 0 Å². The predicted octanol–water partition coefficient (Wildman–Crippen LogP) is 3.58. The van der Waals surface area contributed by atoms with Gasteiger partial charge in [-0.2, -0.15) is 16.3 Å². The average molecular weight is 338 g/mol. The van der Waals surface area contributed by atoms with Gasteiger partial charge in [0.15, 0.2) is 5.82 Å². The van der Waals surface area contributed by atoms with Gasteiger partial charge >= 0.3 is 0 Å². The van der Waals surface area contributed by atoms with Gasteiger partial charge in [0.1, 0.15) is 12.1 Å². The summed E-state index contributed by atoms with van der Waals surface area (Å²) >= 11 is 1.63. The van der Waals surface area contributed by atoms with E-state index >= 15 is 0 Å². The first kappa shape index (κ1) is 15.0. The molecule has 1 aliphatic rings. The molecule has 3 aromatic heterocycles. The number of hydrogen-bond donors (Lipinski definition) is 1. The number of nitrogens with one attached hydrogen (secondary N) is 1. The van der Waals surface area contributed by atoms with Crippen LogP contribution in [0.25, 0.3) is 11.4 Å². The minimum atomic E-state index is 0.545. The third-order valence-corrected chi connectivity index (χ3v) is 4.66. The Bertz CT molecular complexity index is 815. The molecule has 0 unspecified atom stereocenters. The Labute approximate surface area is 144 Å². The van der Waals surface area contributed by atoms with Crippen LogP contribution >= 0.6 is 11.3 Å². The van der Waals surface area contributed by atoms with Gasteiger partial charge in [-0.3, -0.25) is 0 Å². The van der Waals surface area contributed by atoms with Crippen LogP contribution in [0.15, 0.2) is 41.5 Å². The van der Waals surface area contributed by atoms with E-state index in [0.717, 1.165) is 29.5 Å². The van der Waals surface area contributed by atoms with Crippen LogP contribution in [0.1, 0.15) is 12.8 Å². The minimum Gasteiger partial charge on any atom is -0.359 e. The number of nitrogens with zero attached hydrogens (tertiary/aromatic N) is 5. The van der Waals surface area contributed by atoms with E-state index in [1.165, 1.54) is 19.2 Å². The van der Waals surface area contributed by atoms with E-state index in [1.54, 1.807) is 11.3 Å². The van der Waals surface area contributed by atoms with Crippen LogP contribution in [0.4, 0.5) is 17.5 Å². The van der Waals surface area contributed by atoms with Gasteiger partial charge in [-0.25, -0.2) is 15.0 Å². The summed E-state index contributed by atoms with van der Waals surface area (Å²) < 4.78 is 0. The Hall–Kier alpha value is -2.54. The highest BCUT2D eigenvalue weighted by Crippen LogP contribution is 2.31. The maximum atomic E-state index is 4.52. The molecular formula is C17H18N6S. The molecule has 0 bridgehead atoms. The zero-order valence-electron chi connectivity index (χ0n) is 13.4. The first-order chi connectivity index (χ1) is 11.8. The first-order valence-electron chi connectivity index (χ1n) is 7.94. The molecule has 24 heavy (non-hydrogen) atoms. The quantitative estimate of drug-likeness (QED) is 0.741. The summed E-state index contributed by atoms with van der Waals surface area (Å²) in [5.41, 5.74) is 1.93. The smallest absolute Gasteiger partial charge is 0.230 e. The molecule has 6 nitrogen and oxygen atoms in total. The lowest BCUT2D eigenvalue weighted by atomic mass is 10.2. The van der Waals surface area contributed by atoms with Crippen molar-refractivity contribution in [2.24, 2.45) is 5.92 Å². The Balaban J connectivity index is 1.56. The second-order valence-electron chi connectivity index (χ2n) is 6.00. The van der Waals surface area contributed by atoms with Crippen molar-refractivity contribution in [3.8, 4) is 11.4 Å². The van der Waals surface area contributed by atoms with E-state index in [1.807, 2.05) is 35.2 Å². The lowest BCUT2D eigenvalue weighted by Gasteiger charge is -2.18. The molecule has 0 aromatic carbocycles. The number of anilines is 3. The Morgan fingerprint density at radius 1 is 1.25 bits per heavy atom. The van der Waals surface area contributed by atoms with Gasteiger partial charge in [0, 0.05) is 30.7 Å². The van der Waals surface area contributed by atoms with Crippen molar-refractivity contribution in [2.75, 3.05) is 23.8 Å². The fraction of sp³-hybridized carbons (Fsp3) is 0.294. The SMILES string of the molecule is CN(CC1CC1)c1cc(-c2ncnc(Nc3ccsc3)n2)ccn1. The fourth-order valence-electron chi connectivity index (χ4n) is 2.51. The lowest BCUT2D eigenvalue weighted by molar-refractivity contribution is 0.777. The van der Waals surface area contributed by atoms with Gasteiger partial charge in [0.25, 0.3) is 0 Å². The number of rotatable bonds is 6. The largest absolute Gasteiger partial charge is 0.359 e. The molecule has 0 atom stereocenters. The first-order valence-corrected chi connectivity index (χ1v) is 8.88. The third kappa shape index (κ3) is 3.51. The highest BCUT2D eigenvalue weighted by molar-refractivity contribution is 7.08. The van der Waals surface area contributed by atoms with Gasteiger partial charge in [0.2, 0.25) is 5.95 Å². The number of aromatic nitrogens is 4. The lowest BCUT2D eigenvalue weighted by Crippen LogP contribution is -2.20. The molecule has 0 amide bonds. The van der Waals surface area contributed by atoms with Crippen LogP contribution < -0.4 is 10.2 Å². The number of thiophene rings is 1.